The highest BCUT2D eigenvalue weighted by Crippen LogP contribution is 2.39. The number of para-hydroxylation sites is 1. The van der Waals surface area contributed by atoms with E-state index in [2.05, 4.69) is 5.43 Å². The third-order valence-electron chi connectivity index (χ3n) is 4.79. The van der Waals surface area contributed by atoms with E-state index in [1.165, 1.54) is 18.3 Å². The molecule has 0 fully saturated rings. The second kappa shape index (κ2) is 10.8. The van der Waals surface area contributed by atoms with Gasteiger partial charge in [-0.2, -0.15) is 0 Å². The first-order valence-electron chi connectivity index (χ1n) is 10.8. The van der Waals surface area contributed by atoms with Crippen LogP contribution in [0.25, 0.3) is 0 Å². The van der Waals surface area contributed by atoms with Crippen molar-refractivity contribution in [3.63, 3.8) is 0 Å². The Balaban J connectivity index is 1.85. The number of hydrogen-bond donors (Lipinski definition) is 1. The molecular weight excluding hydrogens is 438 g/mol. The molecule has 34 heavy (non-hydrogen) atoms. The smallest absolute Gasteiger partial charge is 0.423 e. The van der Waals surface area contributed by atoms with Crippen molar-refractivity contribution < 1.29 is 28.6 Å². The number of rotatable bonds is 7. The van der Waals surface area contributed by atoms with E-state index in [9.17, 15) is 14.4 Å². The van der Waals surface area contributed by atoms with E-state index >= 15 is 0 Å². The number of nitrogens with one attached hydrogen (secondary N) is 1. The van der Waals surface area contributed by atoms with Crippen LogP contribution < -0.4 is 10.4 Å². The normalized spacial score (nSPS) is 15.6. The molecule has 0 saturated heterocycles. The molecule has 9 nitrogen and oxygen atoms in total. The summed E-state index contributed by atoms with van der Waals surface area (Å²) in [4.78, 5) is 37.1. The molecule has 0 aliphatic carbocycles. The van der Waals surface area contributed by atoms with Crippen molar-refractivity contribution in [2.75, 3.05) is 18.7 Å². The molecule has 1 unspecified atom stereocenters. The predicted molar refractivity (Wildman–Crippen MR) is 125 cm³/mol. The molecule has 0 bridgehead atoms. The third kappa shape index (κ3) is 6.58. The first kappa shape index (κ1) is 24.8. The second-order valence-corrected chi connectivity index (χ2v) is 8.55. The van der Waals surface area contributed by atoms with Crippen LogP contribution in [0.4, 0.5) is 10.5 Å². The molecule has 1 aliphatic rings. The zero-order valence-corrected chi connectivity index (χ0v) is 19.7. The lowest BCUT2D eigenvalue weighted by Gasteiger charge is -2.32. The Labute approximate surface area is 198 Å². The minimum absolute atomic E-state index is 0.0716. The number of hydrogen-bond acceptors (Lipinski definition) is 8. The summed E-state index contributed by atoms with van der Waals surface area (Å²) in [6.07, 6.45) is 2.13. The highest BCUT2D eigenvalue weighted by Gasteiger charge is 2.38. The average Bonchev–Trinajstić information content (AvgIpc) is 3.07. The Morgan fingerprint density at radius 2 is 1.71 bits per heavy atom. The number of methoxy groups -OCH3 is 1. The second-order valence-electron chi connectivity index (χ2n) is 8.55. The van der Waals surface area contributed by atoms with E-state index in [1.807, 2.05) is 54.6 Å². The van der Waals surface area contributed by atoms with E-state index in [0.717, 1.165) is 11.1 Å². The predicted octanol–water partition coefficient (Wildman–Crippen LogP) is 3.68. The minimum Gasteiger partial charge on any atom is -0.466 e. The number of esters is 2. The number of carbonyl (C=O) groups is 3. The molecule has 9 heteroatoms. The number of ether oxygens (including phenoxy) is 3. The summed E-state index contributed by atoms with van der Waals surface area (Å²) in [7, 11) is 1.28. The molecular formula is C25H29N3O6. The summed E-state index contributed by atoms with van der Waals surface area (Å²) < 4.78 is 15.6. The van der Waals surface area contributed by atoms with Crippen molar-refractivity contribution in [2.45, 2.75) is 39.0 Å². The molecule has 2 aromatic rings. The summed E-state index contributed by atoms with van der Waals surface area (Å²) in [5, 5.41) is 3.03. The maximum atomic E-state index is 12.7. The van der Waals surface area contributed by atoms with E-state index in [1.54, 1.807) is 31.9 Å². The van der Waals surface area contributed by atoms with Crippen LogP contribution in [0.2, 0.25) is 0 Å². The fraction of sp³-hybridized carbons (Fsp3) is 0.320. The maximum absolute atomic E-state index is 12.7. The van der Waals surface area contributed by atoms with Crippen LogP contribution in [0.3, 0.4) is 0 Å². The summed E-state index contributed by atoms with van der Waals surface area (Å²) in [5.41, 5.74) is 4.30. The van der Waals surface area contributed by atoms with Gasteiger partial charge in [0.15, 0.2) is 0 Å². The Bertz CT molecular complexity index is 1050. The van der Waals surface area contributed by atoms with Crippen LogP contribution in [0.1, 0.15) is 37.9 Å². The highest BCUT2D eigenvalue weighted by atomic mass is 16.6. The molecule has 0 radical (unpaired) electrons. The number of benzene rings is 2. The maximum Gasteiger partial charge on any atom is 0.423 e. The monoisotopic (exact) mass is 467 g/mol. The summed E-state index contributed by atoms with van der Waals surface area (Å²) in [6.45, 7) is 5.24. The van der Waals surface area contributed by atoms with Gasteiger partial charge in [0.05, 0.1) is 18.8 Å². The first-order valence-corrected chi connectivity index (χ1v) is 10.8. The average molecular weight is 468 g/mol. The highest BCUT2D eigenvalue weighted by molar-refractivity contribution is 5.82. The van der Waals surface area contributed by atoms with Crippen LogP contribution in [0.15, 0.2) is 66.7 Å². The number of carbonyl (C=O) groups excluding carboxylic acids is 3. The molecule has 1 amide bonds. The van der Waals surface area contributed by atoms with Crippen LogP contribution in [-0.2, 0) is 30.4 Å². The molecule has 0 saturated carbocycles. The molecule has 1 N–H and O–H groups in total. The zero-order valence-electron chi connectivity index (χ0n) is 19.7. The van der Waals surface area contributed by atoms with Gasteiger partial charge in [0, 0.05) is 11.6 Å². The van der Waals surface area contributed by atoms with E-state index in [-0.39, 0.29) is 13.2 Å². The Hall–Kier alpha value is -3.85. The largest absolute Gasteiger partial charge is 0.466 e. The van der Waals surface area contributed by atoms with Crippen LogP contribution in [0.5, 0.6) is 0 Å². The van der Waals surface area contributed by atoms with Gasteiger partial charge < -0.3 is 14.2 Å². The minimum atomic E-state index is -0.720. The van der Waals surface area contributed by atoms with Gasteiger partial charge in [-0.3, -0.25) is 9.80 Å². The molecule has 180 valence electrons. The lowest BCUT2D eigenvalue weighted by atomic mass is 10.1. The molecule has 1 heterocycles. The summed E-state index contributed by atoms with van der Waals surface area (Å²) in [5.74, 6) is -1.03. The van der Waals surface area contributed by atoms with Gasteiger partial charge >= 0.3 is 18.0 Å². The van der Waals surface area contributed by atoms with Gasteiger partial charge in [0.2, 0.25) is 0 Å². The number of anilines is 1. The van der Waals surface area contributed by atoms with Gasteiger partial charge in [0.1, 0.15) is 18.8 Å². The lowest BCUT2D eigenvalue weighted by molar-refractivity contribution is -0.153. The number of hydrazine groups is 2. The van der Waals surface area contributed by atoms with Gasteiger partial charge in [0.25, 0.3) is 0 Å². The number of nitrogens with zero attached hydrogens (tertiary/aromatic N) is 2. The van der Waals surface area contributed by atoms with Gasteiger partial charge in [-0.05, 0) is 32.4 Å². The molecule has 1 atom stereocenters. The quantitative estimate of drug-likeness (QED) is 0.374. The Kier molecular flexibility index (Phi) is 7.91. The van der Waals surface area contributed by atoms with Crippen LogP contribution in [-0.4, -0.2) is 42.4 Å². The van der Waals surface area contributed by atoms with E-state index in [0.29, 0.717) is 5.69 Å². The SMILES string of the molecule is COC(=O)/C=C\C1c2ccccc2N(CC(=O)OC(C)(C)C)N1NC(=O)OCc1ccccc1. The number of fused-ring (bicyclic) bond motifs is 1. The van der Waals surface area contributed by atoms with E-state index in [4.69, 9.17) is 14.2 Å². The summed E-state index contributed by atoms with van der Waals surface area (Å²) >= 11 is 0. The topological polar surface area (TPSA) is 97.4 Å². The lowest BCUT2D eigenvalue weighted by Crippen LogP contribution is -2.53. The third-order valence-corrected chi connectivity index (χ3v) is 4.79. The Morgan fingerprint density at radius 1 is 1.03 bits per heavy atom. The molecule has 0 aromatic heterocycles. The van der Waals surface area contributed by atoms with Crippen molar-refractivity contribution in [2.24, 2.45) is 0 Å². The van der Waals surface area contributed by atoms with Gasteiger partial charge in [-0.15, -0.1) is 5.12 Å². The Morgan fingerprint density at radius 3 is 2.38 bits per heavy atom. The fourth-order valence-corrected chi connectivity index (χ4v) is 3.43. The molecule has 3 rings (SSSR count). The fourth-order valence-electron chi connectivity index (χ4n) is 3.43. The van der Waals surface area contributed by atoms with Crippen LogP contribution in [0, 0.1) is 0 Å². The zero-order chi connectivity index (χ0) is 24.7. The molecule has 1 aliphatic heterocycles. The van der Waals surface area contributed by atoms with Crippen LogP contribution >= 0.6 is 0 Å². The van der Waals surface area contributed by atoms with Crippen molar-refractivity contribution in [1.82, 2.24) is 10.5 Å². The van der Waals surface area contributed by atoms with Crippen molar-refractivity contribution in [1.29, 1.82) is 0 Å². The standard InChI is InChI=1S/C25H29N3O6/c1-25(2,3)34-23(30)16-27-20-13-9-8-12-19(20)21(14-15-22(29)32-4)28(27)26-24(31)33-17-18-10-6-5-7-11-18/h5-15,21H,16-17H2,1-4H3,(H,26,31)/b15-14-. The first-order chi connectivity index (χ1) is 16.2. The molecule has 2 aromatic carbocycles. The summed E-state index contributed by atoms with van der Waals surface area (Å²) in [6, 6.07) is 16.0. The molecule has 0 spiro atoms. The van der Waals surface area contributed by atoms with Gasteiger partial charge in [-0.1, -0.05) is 54.6 Å². The van der Waals surface area contributed by atoms with Crippen molar-refractivity contribution in [3.05, 3.63) is 77.9 Å². The van der Waals surface area contributed by atoms with E-state index < -0.39 is 29.7 Å². The van der Waals surface area contributed by atoms with Gasteiger partial charge in [-0.25, -0.2) is 15.0 Å². The van der Waals surface area contributed by atoms with Crippen molar-refractivity contribution >= 4 is 23.7 Å². The number of amides is 1. The van der Waals surface area contributed by atoms with Crippen molar-refractivity contribution in [3.8, 4) is 0 Å².